The summed E-state index contributed by atoms with van der Waals surface area (Å²) >= 11 is 6.35. The number of hydrogen-bond acceptors (Lipinski definition) is 10. The van der Waals surface area contributed by atoms with E-state index in [2.05, 4.69) is 35.3 Å². The number of anilines is 2. The van der Waals surface area contributed by atoms with Crippen LogP contribution < -0.4 is 20.1 Å². The Balaban J connectivity index is 0.000000185. The molecule has 16 heteroatoms. The van der Waals surface area contributed by atoms with Crippen molar-refractivity contribution in [3.8, 4) is 34.3 Å². The second-order valence-corrected chi connectivity index (χ2v) is 16.3. The zero-order valence-electron chi connectivity index (χ0n) is 37.5. The Kier molecular flexibility index (Phi) is 13.5. The zero-order valence-corrected chi connectivity index (χ0v) is 38.2. The highest BCUT2D eigenvalue weighted by Crippen LogP contribution is 2.33. The molecule has 0 fully saturated rings. The van der Waals surface area contributed by atoms with Crippen LogP contribution in [-0.4, -0.2) is 74.1 Å². The van der Waals surface area contributed by atoms with Gasteiger partial charge in [-0.1, -0.05) is 35.9 Å². The number of carboxylic acids is 1. The molecule has 15 nitrogen and oxygen atoms in total. The summed E-state index contributed by atoms with van der Waals surface area (Å²) in [5, 5.41) is 15.9. The summed E-state index contributed by atoms with van der Waals surface area (Å²) in [4.78, 5) is 68.0. The van der Waals surface area contributed by atoms with Crippen molar-refractivity contribution in [3.63, 3.8) is 0 Å². The van der Waals surface area contributed by atoms with E-state index < -0.39 is 18.5 Å². The number of rotatable bonds is 12. The van der Waals surface area contributed by atoms with Crippen molar-refractivity contribution in [2.24, 2.45) is 0 Å². The second kappa shape index (κ2) is 19.9. The van der Waals surface area contributed by atoms with Gasteiger partial charge in [-0.15, -0.1) is 0 Å². The van der Waals surface area contributed by atoms with Crippen molar-refractivity contribution in [2.75, 3.05) is 31.0 Å². The number of nitrogens with one attached hydrogen (secondary N) is 4. The van der Waals surface area contributed by atoms with E-state index >= 15 is 0 Å². The topological polar surface area (TPSA) is 211 Å². The van der Waals surface area contributed by atoms with Gasteiger partial charge in [-0.05, 0) is 147 Å². The maximum absolute atomic E-state index is 12.9. The molecule has 9 aromatic rings. The first-order chi connectivity index (χ1) is 32.7. The van der Waals surface area contributed by atoms with Gasteiger partial charge < -0.3 is 39.9 Å². The van der Waals surface area contributed by atoms with Gasteiger partial charge in [-0.25, -0.2) is 24.5 Å². The number of nitrogens with zero attached hydrogens (tertiary/aromatic N) is 3. The number of H-pyrrole nitrogens is 2. The van der Waals surface area contributed by atoms with Crippen LogP contribution in [0.25, 0.3) is 55.7 Å². The first-order valence-corrected chi connectivity index (χ1v) is 21.6. The van der Waals surface area contributed by atoms with E-state index in [9.17, 15) is 19.2 Å². The number of para-hydroxylation sites is 1. The minimum Gasteiger partial charge on any atom is -0.482 e. The minimum absolute atomic E-state index is 0.154. The molecule has 0 saturated heterocycles. The van der Waals surface area contributed by atoms with Gasteiger partial charge in [0.1, 0.15) is 29.0 Å². The summed E-state index contributed by atoms with van der Waals surface area (Å²) in [7, 11) is 1.32. The van der Waals surface area contributed by atoms with Gasteiger partial charge in [0.2, 0.25) is 0 Å². The summed E-state index contributed by atoms with van der Waals surface area (Å²) in [5.74, 6) is 0.654. The van der Waals surface area contributed by atoms with Crippen molar-refractivity contribution in [3.05, 3.63) is 160 Å². The van der Waals surface area contributed by atoms with E-state index in [4.69, 9.17) is 31.2 Å². The smallest absolute Gasteiger partial charge is 0.343 e. The monoisotopic (exact) mass is 929 g/mol. The molecule has 0 radical (unpaired) electrons. The normalized spacial score (nSPS) is 10.9. The number of fused-ring (bicyclic) bond motifs is 3. The van der Waals surface area contributed by atoms with Gasteiger partial charge in [0.05, 0.1) is 39.7 Å². The predicted molar refractivity (Wildman–Crippen MR) is 262 cm³/mol. The highest BCUT2D eigenvalue weighted by atomic mass is 35.5. The summed E-state index contributed by atoms with van der Waals surface area (Å²) in [6.45, 7) is 7.32. The summed E-state index contributed by atoms with van der Waals surface area (Å²) < 4.78 is 15.3. The third kappa shape index (κ3) is 10.6. The van der Waals surface area contributed by atoms with E-state index in [1.54, 1.807) is 48.5 Å². The third-order valence-corrected chi connectivity index (χ3v) is 11.3. The number of hydrogen-bond donors (Lipinski definition) is 5. The molecule has 0 aliphatic rings. The molecule has 342 valence electrons. The third-order valence-electron chi connectivity index (χ3n) is 11.0. The fourth-order valence-corrected chi connectivity index (χ4v) is 7.66. The molecular formula is C52H44ClN7O8. The number of esters is 1. The standard InChI is InChI=1S/C28H24N4O4.C24H20ClN3O4/c1-16-12-20(36-15-25(33)35-3)13-17(2)26(16)27-30-22-10-8-19(14-23(22)31-27)28(34)32-24-11-9-18-6-4-5-7-21(18)29-24;1-13-3-5-16(9-14(13)2)26-24(31)15-4-8-20-21(10-15)28-23(27-20)18-7-6-17(11-19(18)25)32-12-22(29)30/h4-14H,15H2,1-3H3,(H,30,31)(H,29,32,34);3-11H,12H2,1-2H3,(H,26,31)(H,27,28)(H,29,30). The van der Waals surface area contributed by atoms with Crippen molar-refractivity contribution in [2.45, 2.75) is 27.7 Å². The van der Waals surface area contributed by atoms with Crippen LogP contribution in [0, 0.1) is 27.7 Å². The number of ether oxygens (including phenoxy) is 3. The van der Waals surface area contributed by atoms with Crippen LogP contribution in [0.15, 0.2) is 121 Å². The number of carbonyl (C=O) groups excluding carboxylic acids is 3. The number of aliphatic carboxylic acids is 1. The van der Waals surface area contributed by atoms with Crippen LogP contribution in [0.3, 0.4) is 0 Å². The van der Waals surface area contributed by atoms with E-state index in [0.29, 0.717) is 61.7 Å². The lowest BCUT2D eigenvalue weighted by Gasteiger charge is -2.11. The van der Waals surface area contributed by atoms with Crippen LogP contribution in [0.1, 0.15) is 43.0 Å². The number of aromatic amines is 2. The maximum atomic E-state index is 12.9. The molecule has 0 unspecified atom stereocenters. The Bertz CT molecular complexity index is 3400. The molecule has 2 amide bonds. The number of aromatic nitrogens is 5. The van der Waals surface area contributed by atoms with Crippen LogP contribution in [0.5, 0.6) is 11.5 Å². The molecule has 9 rings (SSSR count). The van der Waals surface area contributed by atoms with Gasteiger partial charge in [-0.2, -0.15) is 0 Å². The SMILES string of the molecule is COC(=O)COc1cc(C)c(-c2nc3ccc(C(=O)Nc4ccc5ccccc5n4)cc3[nH]2)c(C)c1.Cc1ccc(NC(=O)c2ccc3nc(-c4ccc(OCC(=O)O)cc4Cl)[nH]c3c2)cc1C. The number of carboxylic acid groups (broad SMARTS) is 1. The zero-order chi connectivity index (χ0) is 48.1. The molecule has 3 heterocycles. The maximum Gasteiger partial charge on any atom is 0.343 e. The van der Waals surface area contributed by atoms with Gasteiger partial charge in [0.25, 0.3) is 11.8 Å². The molecule has 0 spiro atoms. The molecule has 0 aliphatic carbocycles. The number of methoxy groups -OCH3 is 1. The van der Waals surface area contributed by atoms with Gasteiger partial charge in [0, 0.05) is 33.3 Å². The molecule has 6 aromatic carbocycles. The number of pyridine rings is 1. The Morgan fingerprint density at radius 3 is 1.91 bits per heavy atom. The molecule has 3 aromatic heterocycles. The van der Waals surface area contributed by atoms with Crippen LogP contribution in [0.2, 0.25) is 5.02 Å². The largest absolute Gasteiger partial charge is 0.482 e. The lowest BCUT2D eigenvalue weighted by atomic mass is 10.0. The Hall–Kier alpha value is -8.56. The fourth-order valence-electron chi connectivity index (χ4n) is 7.40. The van der Waals surface area contributed by atoms with E-state index in [1.165, 1.54) is 13.2 Å². The van der Waals surface area contributed by atoms with Crippen LogP contribution in [-0.2, 0) is 14.3 Å². The number of halogens is 1. The molecule has 0 saturated carbocycles. The fraction of sp³-hybridized carbons (Fsp3) is 0.135. The van der Waals surface area contributed by atoms with Crippen LogP contribution in [0.4, 0.5) is 11.5 Å². The first kappa shape index (κ1) is 46.0. The van der Waals surface area contributed by atoms with Crippen molar-refractivity contribution >= 4 is 79.8 Å². The molecule has 0 bridgehead atoms. The number of aryl methyl sites for hydroxylation is 4. The summed E-state index contributed by atoms with van der Waals surface area (Å²) in [5.41, 5.74) is 11.1. The van der Waals surface area contributed by atoms with E-state index in [1.807, 2.05) is 94.4 Å². The van der Waals surface area contributed by atoms with Crippen LogP contribution >= 0.6 is 11.6 Å². The molecular weight excluding hydrogens is 886 g/mol. The first-order valence-electron chi connectivity index (χ1n) is 21.2. The van der Waals surface area contributed by atoms with Gasteiger partial charge in [-0.3, -0.25) is 9.59 Å². The van der Waals surface area contributed by atoms with Crippen molar-refractivity contribution < 1.29 is 38.5 Å². The van der Waals surface area contributed by atoms with Gasteiger partial charge in [0.15, 0.2) is 13.2 Å². The Morgan fingerprint density at radius 1 is 0.603 bits per heavy atom. The highest BCUT2D eigenvalue weighted by molar-refractivity contribution is 6.33. The predicted octanol–water partition coefficient (Wildman–Crippen LogP) is 10.4. The number of imidazole rings is 2. The van der Waals surface area contributed by atoms with Gasteiger partial charge >= 0.3 is 11.9 Å². The molecule has 0 aliphatic heterocycles. The number of amides is 2. The lowest BCUT2D eigenvalue weighted by molar-refractivity contribution is -0.143. The quantitative estimate of drug-likeness (QED) is 0.0728. The number of carbonyl (C=O) groups is 4. The van der Waals surface area contributed by atoms with Crippen molar-refractivity contribution in [1.29, 1.82) is 0 Å². The Labute approximate surface area is 394 Å². The average Bonchev–Trinajstić information content (AvgIpc) is 3.95. The molecule has 0 atom stereocenters. The second-order valence-electron chi connectivity index (χ2n) is 15.9. The minimum atomic E-state index is -1.07. The Morgan fingerprint density at radius 2 is 1.25 bits per heavy atom. The van der Waals surface area contributed by atoms with Crippen molar-refractivity contribution in [1.82, 2.24) is 24.9 Å². The highest BCUT2D eigenvalue weighted by Gasteiger charge is 2.17. The van der Waals surface area contributed by atoms with E-state index in [-0.39, 0.29) is 18.4 Å². The summed E-state index contributed by atoms with van der Waals surface area (Å²) in [6, 6.07) is 36.4. The number of benzene rings is 6. The lowest BCUT2D eigenvalue weighted by Crippen LogP contribution is -2.12. The molecule has 5 N–H and O–H groups in total. The average molecular weight is 930 g/mol. The van der Waals surface area contributed by atoms with E-state index in [0.717, 1.165) is 55.4 Å². The molecule has 68 heavy (non-hydrogen) atoms. The summed E-state index contributed by atoms with van der Waals surface area (Å²) in [6.07, 6.45) is 0.